The van der Waals surface area contributed by atoms with Crippen molar-refractivity contribution in [2.75, 3.05) is 13.1 Å². The normalized spacial score (nSPS) is 18.0. The Balaban J connectivity index is 1.80. The van der Waals surface area contributed by atoms with E-state index in [0.717, 1.165) is 12.8 Å². The second-order valence-electron chi connectivity index (χ2n) is 7.03. The van der Waals surface area contributed by atoms with Crippen molar-refractivity contribution in [2.24, 2.45) is 5.92 Å². The third-order valence-electron chi connectivity index (χ3n) is 4.83. The Morgan fingerprint density at radius 1 is 1.29 bits per heavy atom. The van der Waals surface area contributed by atoms with Crippen LogP contribution in [0.25, 0.3) is 0 Å². The summed E-state index contributed by atoms with van der Waals surface area (Å²) in [7, 11) is -3.79. The average molecular weight is 425 g/mol. The van der Waals surface area contributed by atoms with E-state index in [9.17, 15) is 17.6 Å². The molecule has 5 nitrogen and oxygen atoms in total. The minimum Gasteiger partial charge on any atom is -0.348 e. The van der Waals surface area contributed by atoms with Crippen molar-refractivity contribution in [3.05, 3.63) is 64.4 Å². The highest BCUT2D eigenvalue weighted by molar-refractivity contribution is 7.89. The summed E-state index contributed by atoms with van der Waals surface area (Å²) in [5.41, 5.74) is 0.504. The molecule has 0 spiro atoms. The van der Waals surface area contributed by atoms with Gasteiger partial charge in [-0.1, -0.05) is 36.7 Å². The molecule has 1 N–H and O–H groups in total. The Hall–Kier alpha value is -1.96. The molecule has 1 fully saturated rings. The van der Waals surface area contributed by atoms with Crippen molar-refractivity contribution in [3.8, 4) is 0 Å². The smallest absolute Gasteiger partial charge is 0.251 e. The van der Waals surface area contributed by atoms with Gasteiger partial charge < -0.3 is 5.32 Å². The number of nitrogens with one attached hydrogen (secondary N) is 1. The van der Waals surface area contributed by atoms with E-state index in [1.807, 2.05) is 6.92 Å². The zero-order valence-corrected chi connectivity index (χ0v) is 17.1. The minimum absolute atomic E-state index is 0.000143. The highest BCUT2D eigenvalue weighted by Crippen LogP contribution is 2.29. The van der Waals surface area contributed by atoms with Gasteiger partial charge in [0.25, 0.3) is 5.91 Å². The summed E-state index contributed by atoms with van der Waals surface area (Å²) in [4.78, 5) is 12.4. The summed E-state index contributed by atoms with van der Waals surface area (Å²) in [5.74, 6) is -0.640. The van der Waals surface area contributed by atoms with Crippen LogP contribution < -0.4 is 5.32 Å². The first-order valence-electron chi connectivity index (χ1n) is 9.10. The first-order chi connectivity index (χ1) is 13.3. The molecule has 0 saturated carbocycles. The lowest BCUT2D eigenvalue weighted by Crippen LogP contribution is -2.39. The lowest BCUT2D eigenvalue weighted by atomic mass is 10.0. The van der Waals surface area contributed by atoms with E-state index in [4.69, 9.17) is 11.6 Å². The quantitative estimate of drug-likeness (QED) is 0.793. The monoisotopic (exact) mass is 424 g/mol. The van der Waals surface area contributed by atoms with E-state index in [2.05, 4.69) is 5.32 Å². The lowest BCUT2D eigenvalue weighted by Gasteiger charge is -2.30. The van der Waals surface area contributed by atoms with Gasteiger partial charge in [0.2, 0.25) is 10.0 Å². The molecule has 1 saturated heterocycles. The van der Waals surface area contributed by atoms with Gasteiger partial charge in [-0.15, -0.1) is 0 Å². The number of piperidine rings is 1. The maximum atomic E-state index is 13.7. The van der Waals surface area contributed by atoms with E-state index in [0.29, 0.717) is 18.7 Å². The van der Waals surface area contributed by atoms with Gasteiger partial charge in [-0.2, -0.15) is 4.31 Å². The van der Waals surface area contributed by atoms with Crippen LogP contribution in [0.15, 0.2) is 47.4 Å². The first kappa shape index (κ1) is 20.8. The molecule has 1 amide bonds. The maximum Gasteiger partial charge on any atom is 0.251 e. The van der Waals surface area contributed by atoms with Gasteiger partial charge in [0, 0.05) is 30.8 Å². The molecule has 2 aromatic carbocycles. The Labute approximate surface area is 169 Å². The van der Waals surface area contributed by atoms with E-state index < -0.39 is 21.7 Å². The maximum absolute atomic E-state index is 13.7. The average Bonchev–Trinajstić information content (AvgIpc) is 2.67. The van der Waals surface area contributed by atoms with Crippen molar-refractivity contribution < 1.29 is 17.6 Å². The van der Waals surface area contributed by atoms with Crippen molar-refractivity contribution in [1.29, 1.82) is 0 Å². The van der Waals surface area contributed by atoms with Gasteiger partial charge in [-0.3, -0.25) is 4.79 Å². The van der Waals surface area contributed by atoms with Crippen molar-refractivity contribution in [2.45, 2.75) is 31.2 Å². The molecular weight excluding hydrogens is 403 g/mol. The Bertz CT molecular complexity index is 981. The number of carbonyl (C=O) groups excluding carboxylic acids is 1. The summed E-state index contributed by atoms with van der Waals surface area (Å²) < 4.78 is 41.1. The van der Waals surface area contributed by atoms with E-state index in [-0.39, 0.29) is 27.9 Å². The molecule has 1 aliphatic rings. The largest absolute Gasteiger partial charge is 0.348 e. The number of amides is 1. The molecule has 0 radical (unpaired) electrons. The van der Waals surface area contributed by atoms with Gasteiger partial charge in [0.05, 0.1) is 5.02 Å². The molecule has 0 bridgehead atoms. The summed E-state index contributed by atoms with van der Waals surface area (Å²) in [6.45, 7) is 2.88. The SMILES string of the molecule is CC1CCCN(S(=O)(=O)c2cc(C(=O)NCc3ccccc3F)ccc2Cl)C1. The van der Waals surface area contributed by atoms with Crippen LogP contribution in [0.2, 0.25) is 5.02 Å². The molecule has 2 aromatic rings. The molecule has 1 aliphatic heterocycles. The molecule has 8 heteroatoms. The van der Waals surface area contributed by atoms with Crippen LogP contribution >= 0.6 is 11.6 Å². The third-order valence-corrected chi connectivity index (χ3v) is 7.17. The summed E-state index contributed by atoms with van der Waals surface area (Å²) in [5, 5.41) is 2.68. The van der Waals surface area contributed by atoms with Crippen LogP contribution in [0.1, 0.15) is 35.7 Å². The standard InChI is InChI=1S/C20H22ClFN2O3S/c1-14-5-4-10-24(13-14)28(26,27)19-11-15(8-9-17(19)21)20(25)23-12-16-6-2-3-7-18(16)22/h2-3,6-9,11,14H,4-5,10,12-13H2,1H3,(H,23,25). The molecule has 0 aromatic heterocycles. The topological polar surface area (TPSA) is 66.5 Å². The van der Waals surface area contributed by atoms with Crippen LogP contribution in [0, 0.1) is 11.7 Å². The Morgan fingerprint density at radius 2 is 2.04 bits per heavy atom. The van der Waals surface area contributed by atoms with E-state index >= 15 is 0 Å². The lowest BCUT2D eigenvalue weighted by molar-refractivity contribution is 0.0950. The second-order valence-corrected chi connectivity index (χ2v) is 9.34. The van der Waals surface area contributed by atoms with Crippen molar-refractivity contribution in [1.82, 2.24) is 9.62 Å². The van der Waals surface area contributed by atoms with E-state index in [1.165, 1.54) is 28.6 Å². The molecule has 150 valence electrons. The third kappa shape index (κ3) is 4.54. The summed E-state index contributed by atoms with van der Waals surface area (Å²) in [6.07, 6.45) is 1.78. The fraction of sp³-hybridized carbons (Fsp3) is 0.350. The number of hydrogen-bond donors (Lipinski definition) is 1. The second kappa shape index (κ2) is 8.59. The zero-order valence-electron chi connectivity index (χ0n) is 15.5. The number of carbonyl (C=O) groups is 1. The number of benzene rings is 2. The van der Waals surface area contributed by atoms with Gasteiger partial charge >= 0.3 is 0 Å². The number of sulfonamides is 1. The molecule has 1 atom stereocenters. The molecule has 3 rings (SSSR count). The molecule has 1 heterocycles. The predicted octanol–water partition coefficient (Wildman–Crippen LogP) is 3.83. The number of rotatable bonds is 5. The highest BCUT2D eigenvalue weighted by atomic mass is 35.5. The molecule has 1 unspecified atom stereocenters. The number of hydrogen-bond acceptors (Lipinski definition) is 3. The minimum atomic E-state index is -3.79. The fourth-order valence-corrected chi connectivity index (χ4v) is 5.36. The van der Waals surface area contributed by atoms with Crippen LogP contribution in [0.3, 0.4) is 0 Å². The summed E-state index contributed by atoms with van der Waals surface area (Å²) >= 11 is 6.15. The predicted molar refractivity (Wildman–Crippen MR) is 106 cm³/mol. The van der Waals surface area contributed by atoms with Crippen LogP contribution in [-0.2, 0) is 16.6 Å². The number of nitrogens with zero attached hydrogens (tertiary/aromatic N) is 1. The van der Waals surface area contributed by atoms with Gasteiger partial charge in [-0.05, 0) is 43.0 Å². The van der Waals surface area contributed by atoms with Gasteiger partial charge in [0.1, 0.15) is 10.7 Å². The van der Waals surface area contributed by atoms with Crippen LogP contribution in [-0.4, -0.2) is 31.7 Å². The Morgan fingerprint density at radius 3 is 2.75 bits per heavy atom. The zero-order chi connectivity index (χ0) is 20.3. The van der Waals surface area contributed by atoms with Crippen LogP contribution in [0.5, 0.6) is 0 Å². The molecule has 0 aliphatic carbocycles. The molecule has 28 heavy (non-hydrogen) atoms. The number of halogens is 2. The van der Waals surface area contributed by atoms with Gasteiger partial charge in [-0.25, -0.2) is 12.8 Å². The van der Waals surface area contributed by atoms with Crippen LogP contribution in [0.4, 0.5) is 4.39 Å². The van der Waals surface area contributed by atoms with E-state index in [1.54, 1.807) is 18.2 Å². The molecular formula is C20H22ClFN2O3S. The van der Waals surface area contributed by atoms with Gasteiger partial charge in [0.15, 0.2) is 0 Å². The van der Waals surface area contributed by atoms with Crippen molar-refractivity contribution in [3.63, 3.8) is 0 Å². The van der Waals surface area contributed by atoms with Crippen molar-refractivity contribution >= 4 is 27.5 Å². The summed E-state index contributed by atoms with van der Waals surface area (Å²) in [6, 6.07) is 10.3. The fourth-order valence-electron chi connectivity index (χ4n) is 3.27. The first-order valence-corrected chi connectivity index (χ1v) is 10.9. The highest BCUT2D eigenvalue weighted by Gasteiger charge is 2.30. The Kier molecular flexibility index (Phi) is 6.37.